The zero-order valence-corrected chi connectivity index (χ0v) is 15.1. The highest BCUT2D eigenvalue weighted by atomic mass is 19.4. The van der Waals surface area contributed by atoms with Crippen LogP contribution in [0.2, 0.25) is 0 Å². The summed E-state index contributed by atoms with van der Waals surface area (Å²) in [7, 11) is 0. The molecule has 0 spiro atoms. The van der Waals surface area contributed by atoms with E-state index in [9.17, 15) is 33.0 Å². The average Bonchev–Trinajstić information content (AvgIpc) is 2.67. The number of aromatic hydroxyl groups is 2. The molecule has 2 aromatic rings. The van der Waals surface area contributed by atoms with Crippen molar-refractivity contribution in [3.05, 3.63) is 59.7 Å². The molecule has 1 saturated heterocycles. The molecule has 9 heteroatoms. The van der Waals surface area contributed by atoms with Crippen molar-refractivity contribution in [1.82, 2.24) is 10.6 Å². The van der Waals surface area contributed by atoms with Crippen molar-refractivity contribution >= 4 is 11.8 Å². The van der Waals surface area contributed by atoms with Gasteiger partial charge in [0.2, 0.25) is 11.8 Å². The fraction of sp³-hybridized carbons (Fsp3) is 0.300. The van der Waals surface area contributed by atoms with Crippen molar-refractivity contribution in [3.63, 3.8) is 0 Å². The van der Waals surface area contributed by atoms with E-state index in [-0.39, 0.29) is 24.3 Å². The fourth-order valence-corrected chi connectivity index (χ4v) is 3.24. The SMILES string of the molecule is O=C(NC(c1ccc(O)cc1)c1ccc(O)cc1)C1CCC(C(F)(F)F)NC1=O. The molecule has 154 valence electrons. The van der Waals surface area contributed by atoms with E-state index in [2.05, 4.69) is 5.32 Å². The topological polar surface area (TPSA) is 98.7 Å². The number of alkyl halides is 3. The summed E-state index contributed by atoms with van der Waals surface area (Å²) in [5.74, 6) is -2.87. The minimum atomic E-state index is -4.56. The van der Waals surface area contributed by atoms with Gasteiger partial charge in [0.1, 0.15) is 23.5 Å². The maximum Gasteiger partial charge on any atom is 0.408 e. The third kappa shape index (κ3) is 4.79. The van der Waals surface area contributed by atoms with Crippen LogP contribution in [0.1, 0.15) is 30.0 Å². The van der Waals surface area contributed by atoms with Gasteiger partial charge in [-0.15, -0.1) is 0 Å². The first-order valence-corrected chi connectivity index (χ1v) is 8.90. The Morgan fingerprint density at radius 2 is 1.45 bits per heavy atom. The summed E-state index contributed by atoms with van der Waals surface area (Å²) >= 11 is 0. The minimum Gasteiger partial charge on any atom is -0.508 e. The second-order valence-electron chi connectivity index (χ2n) is 6.86. The highest BCUT2D eigenvalue weighted by molar-refractivity contribution is 6.01. The predicted molar refractivity (Wildman–Crippen MR) is 96.9 cm³/mol. The van der Waals surface area contributed by atoms with Crippen LogP contribution < -0.4 is 10.6 Å². The van der Waals surface area contributed by atoms with Gasteiger partial charge in [0.05, 0.1) is 6.04 Å². The number of hydrogen-bond donors (Lipinski definition) is 4. The molecule has 1 heterocycles. The van der Waals surface area contributed by atoms with Crippen molar-refractivity contribution < 1.29 is 33.0 Å². The third-order valence-corrected chi connectivity index (χ3v) is 4.83. The number of rotatable bonds is 4. The van der Waals surface area contributed by atoms with Gasteiger partial charge >= 0.3 is 6.18 Å². The number of nitrogens with one attached hydrogen (secondary N) is 2. The van der Waals surface area contributed by atoms with Crippen LogP contribution in [-0.2, 0) is 9.59 Å². The van der Waals surface area contributed by atoms with E-state index in [1.165, 1.54) is 24.3 Å². The Balaban J connectivity index is 1.80. The van der Waals surface area contributed by atoms with Crippen LogP contribution in [0.3, 0.4) is 0 Å². The highest BCUT2D eigenvalue weighted by Crippen LogP contribution is 2.30. The lowest BCUT2D eigenvalue weighted by Crippen LogP contribution is -2.54. The van der Waals surface area contributed by atoms with Crippen molar-refractivity contribution in [2.24, 2.45) is 5.92 Å². The van der Waals surface area contributed by atoms with Gasteiger partial charge in [-0.2, -0.15) is 13.2 Å². The summed E-state index contributed by atoms with van der Waals surface area (Å²) in [6.45, 7) is 0. The summed E-state index contributed by atoms with van der Waals surface area (Å²) in [5.41, 5.74) is 1.18. The van der Waals surface area contributed by atoms with Gasteiger partial charge < -0.3 is 20.8 Å². The Morgan fingerprint density at radius 1 is 0.966 bits per heavy atom. The minimum absolute atomic E-state index is 0.0226. The van der Waals surface area contributed by atoms with Crippen molar-refractivity contribution in [1.29, 1.82) is 0 Å². The van der Waals surface area contributed by atoms with Crippen LogP contribution in [0.4, 0.5) is 13.2 Å². The Kier molecular flexibility index (Phi) is 5.67. The second-order valence-corrected chi connectivity index (χ2v) is 6.86. The Labute approximate surface area is 164 Å². The number of halogens is 3. The smallest absolute Gasteiger partial charge is 0.408 e. The summed E-state index contributed by atoms with van der Waals surface area (Å²) < 4.78 is 38.4. The van der Waals surface area contributed by atoms with Gasteiger partial charge in [-0.1, -0.05) is 24.3 Å². The van der Waals surface area contributed by atoms with E-state index in [0.717, 1.165) is 0 Å². The standard InChI is InChI=1S/C20H19F3N2O4/c21-20(22,23)16-10-9-15(18(28)24-16)19(29)25-17(11-1-5-13(26)6-2-11)12-3-7-14(27)8-4-12/h1-8,15-17,26-27H,9-10H2,(H,24,28)(H,25,29). The van der Waals surface area contributed by atoms with E-state index < -0.39 is 36.0 Å². The maximum absolute atomic E-state index is 12.8. The van der Waals surface area contributed by atoms with Crippen LogP contribution in [0.5, 0.6) is 11.5 Å². The lowest BCUT2D eigenvalue weighted by molar-refractivity contribution is -0.171. The molecule has 0 bridgehead atoms. The van der Waals surface area contributed by atoms with Gasteiger partial charge in [-0.3, -0.25) is 9.59 Å². The van der Waals surface area contributed by atoms with E-state index in [4.69, 9.17) is 0 Å². The van der Waals surface area contributed by atoms with Crippen molar-refractivity contribution in [2.75, 3.05) is 0 Å². The summed E-state index contributed by atoms with van der Waals surface area (Å²) in [6.07, 6.45) is -5.16. The van der Waals surface area contributed by atoms with Crippen LogP contribution in [0.25, 0.3) is 0 Å². The Hall–Kier alpha value is -3.23. The maximum atomic E-state index is 12.8. The number of hydrogen-bond acceptors (Lipinski definition) is 4. The number of carbonyl (C=O) groups is 2. The van der Waals surface area contributed by atoms with Crippen LogP contribution in [0, 0.1) is 5.92 Å². The molecule has 3 rings (SSSR count). The lowest BCUT2D eigenvalue weighted by atomic mass is 9.91. The number of amides is 2. The zero-order valence-electron chi connectivity index (χ0n) is 15.1. The molecule has 1 aliphatic rings. The number of piperidine rings is 1. The number of phenolic OH excluding ortho intramolecular Hbond substituents is 2. The van der Waals surface area contributed by atoms with Crippen molar-refractivity contribution in [3.8, 4) is 11.5 Å². The molecule has 0 aliphatic carbocycles. The van der Waals surface area contributed by atoms with Gasteiger partial charge in [0, 0.05) is 0 Å². The molecule has 0 radical (unpaired) electrons. The first kappa shape index (κ1) is 20.5. The first-order chi connectivity index (χ1) is 13.6. The van der Waals surface area contributed by atoms with Gasteiger partial charge in [0.25, 0.3) is 0 Å². The van der Waals surface area contributed by atoms with E-state index in [1.54, 1.807) is 24.3 Å². The molecule has 2 amide bonds. The molecule has 6 nitrogen and oxygen atoms in total. The molecule has 1 fully saturated rings. The molecular formula is C20H19F3N2O4. The molecular weight excluding hydrogens is 389 g/mol. The normalized spacial score (nSPS) is 19.7. The number of phenols is 2. The molecule has 2 atom stereocenters. The summed E-state index contributed by atoms with van der Waals surface area (Å²) in [6, 6.07) is 9.34. The van der Waals surface area contributed by atoms with Crippen molar-refractivity contribution in [2.45, 2.75) is 31.1 Å². The van der Waals surface area contributed by atoms with E-state index >= 15 is 0 Å². The summed E-state index contributed by atoms with van der Waals surface area (Å²) in [5, 5.41) is 23.5. The molecule has 29 heavy (non-hydrogen) atoms. The second kappa shape index (κ2) is 8.02. The van der Waals surface area contributed by atoms with Crippen LogP contribution >= 0.6 is 0 Å². The fourth-order valence-electron chi connectivity index (χ4n) is 3.24. The van der Waals surface area contributed by atoms with Gasteiger partial charge in [-0.25, -0.2) is 0 Å². The molecule has 2 unspecified atom stereocenters. The quantitative estimate of drug-likeness (QED) is 0.585. The van der Waals surface area contributed by atoms with Crippen LogP contribution in [-0.4, -0.2) is 34.2 Å². The third-order valence-electron chi connectivity index (χ3n) is 4.83. The summed E-state index contributed by atoms with van der Waals surface area (Å²) in [4.78, 5) is 24.8. The molecule has 4 N–H and O–H groups in total. The van der Waals surface area contributed by atoms with E-state index in [1.807, 2.05) is 5.32 Å². The van der Waals surface area contributed by atoms with Crippen LogP contribution in [0.15, 0.2) is 48.5 Å². The monoisotopic (exact) mass is 408 g/mol. The number of benzene rings is 2. The van der Waals surface area contributed by atoms with Gasteiger partial charge in [0.15, 0.2) is 0 Å². The lowest BCUT2D eigenvalue weighted by Gasteiger charge is -2.31. The molecule has 1 aliphatic heterocycles. The Morgan fingerprint density at radius 3 is 1.86 bits per heavy atom. The highest BCUT2D eigenvalue weighted by Gasteiger charge is 2.46. The molecule has 2 aromatic carbocycles. The van der Waals surface area contributed by atoms with Gasteiger partial charge in [-0.05, 0) is 48.2 Å². The Bertz CT molecular complexity index is 837. The first-order valence-electron chi connectivity index (χ1n) is 8.90. The molecule has 0 aromatic heterocycles. The molecule has 0 saturated carbocycles. The average molecular weight is 408 g/mol. The zero-order chi connectivity index (χ0) is 21.2. The number of carbonyl (C=O) groups excluding carboxylic acids is 2. The van der Waals surface area contributed by atoms with E-state index in [0.29, 0.717) is 11.1 Å². The predicted octanol–water partition coefficient (Wildman–Crippen LogP) is 2.76. The largest absolute Gasteiger partial charge is 0.508 e.